The summed E-state index contributed by atoms with van der Waals surface area (Å²) in [6, 6.07) is -0.954. The van der Waals surface area contributed by atoms with Gasteiger partial charge in [0.2, 0.25) is 5.91 Å². The summed E-state index contributed by atoms with van der Waals surface area (Å²) in [5.74, 6) is 5.64. The Balaban J connectivity index is 2.83. The van der Waals surface area contributed by atoms with Crippen molar-refractivity contribution in [2.75, 3.05) is 13.6 Å². The van der Waals surface area contributed by atoms with Gasteiger partial charge in [-0.1, -0.05) is 13.8 Å². The Labute approximate surface area is 113 Å². The first-order chi connectivity index (χ1) is 8.90. The molecule has 0 aromatic carbocycles. The highest BCUT2D eigenvalue weighted by Gasteiger charge is 2.38. The number of nitrogens with two attached hydrogens (primary N) is 1. The number of aldehydes is 2. The number of amides is 1. The van der Waals surface area contributed by atoms with Gasteiger partial charge in [0.1, 0.15) is 18.6 Å². The minimum Gasteiger partial charge on any atom is -0.331 e. The van der Waals surface area contributed by atoms with Crippen LogP contribution in [-0.4, -0.2) is 54.1 Å². The van der Waals surface area contributed by atoms with Crippen LogP contribution in [0.4, 0.5) is 0 Å². The van der Waals surface area contributed by atoms with E-state index in [0.717, 1.165) is 12.6 Å². The van der Waals surface area contributed by atoms with Crippen molar-refractivity contribution in [3.8, 4) is 0 Å². The first-order valence-corrected chi connectivity index (χ1v) is 6.59. The van der Waals surface area contributed by atoms with E-state index in [0.29, 0.717) is 25.3 Å². The zero-order chi connectivity index (χ0) is 14.6. The van der Waals surface area contributed by atoms with Crippen molar-refractivity contribution < 1.29 is 14.4 Å². The maximum Gasteiger partial charge on any atom is 0.241 e. The molecule has 1 saturated heterocycles. The average molecular weight is 269 g/mol. The lowest BCUT2D eigenvalue weighted by atomic mass is 10.0. The largest absolute Gasteiger partial charge is 0.331 e. The predicted octanol–water partition coefficient (Wildman–Crippen LogP) is -0.178. The van der Waals surface area contributed by atoms with Crippen molar-refractivity contribution in [2.24, 2.45) is 17.7 Å². The molecule has 0 spiro atoms. The van der Waals surface area contributed by atoms with Crippen LogP contribution in [0.25, 0.3) is 0 Å². The lowest BCUT2D eigenvalue weighted by Crippen LogP contribution is -2.52. The topological polar surface area (TPSA) is 83.7 Å². The minimum atomic E-state index is -0.502. The van der Waals surface area contributed by atoms with E-state index in [1.165, 1.54) is 9.91 Å². The Morgan fingerprint density at radius 3 is 2.47 bits per heavy atom. The highest BCUT2D eigenvalue weighted by Crippen LogP contribution is 2.23. The van der Waals surface area contributed by atoms with Crippen molar-refractivity contribution >= 4 is 18.5 Å². The number of hydrazine groups is 1. The number of carbonyl (C=O) groups is 3. The van der Waals surface area contributed by atoms with Gasteiger partial charge in [0.25, 0.3) is 0 Å². The summed E-state index contributed by atoms with van der Waals surface area (Å²) in [5, 5.41) is 1.39. The number of likely N-dealkylation sites (N-methyl/N-ethyl adjacent to an activating group) is 1. The van der Waals surface area contributed by atoms with Crippen LogP contribution < -0.4 is 5.84 Å². The zero-order valence-electron chi connectivity index (χ0n) is 11.8. The molecule has 0 saturated carbocycles. The fraction of sp³-hybridized carbons (Fsp3) is 0.769. The maximum absolute atomic E-state index is 12.5. The summed E-state index contributed by atoms with van der Waals surface area (Å²) < 4.78 is 0. The fourth-order valence-electron chi connectivity index (χ4n) is 2.46. The number of rotatable bonds is 6. The lowest BCUT2D eigenvalue weighted by molar-refractivity contribution is -0.140. The number of nitrogens with zero attached hydrogens (tertiary/aromatic N) is 2. The van der Waals surface area contributed by atoms with E-state index in [1.54, 1.807) is 7.05 Å². The van der Waals surface area contributed by atoms with Crippen LogP contribution >= 0.6 is 0 Å². The standard InChI is InChI=1S/C13H23N3O3/c1-9(2)4-12(15(3)14)13(19)16-6-10(7-17)5-11(16)8-18/h7-12H,4-6,14H2,1-3H3. The zero-order valence-corrected chi connectivity index (χ0v) is 11.8. The van der Waals surface area contributed by atoms with Crippen LogP contribution in [0.2, 0.25) is 0 Å². The first kappa shape index (κ1) is 15.8. The summed E-state index contributed by atoms with van der Waals surface area (Å²) in [4.78, 5) is 35.8. The highest BCUT2D eigenvalue weighted by molar-refractivity contribution is 5.85. The smallest absolute Gasteiger partial charge is 0.241 e. The van der Waals surface area contributed by atoms with Crippen molar-refractivity contribution in [1.82, 2.24) is 9.91 Å². The van der Waals surface area contributed by atoms with Gasteiger partial charge in [0.15, 0.2) is 0 Å². The van der Waals surface area contributed by atoms with Gasteiger partial charge in [-0.15, -0.1) is 0 Å². The molecule has 3 unspecified atom stereocenters. The van der Waals surface area contributed by atoms with Gasteiger partial charge in [0, 0.05) is 19.5 Å². The Hall–Kier alpha value is -1.27. The highest BCUT2D eigenvalue weighted by atomic mass is 16.2. The molecule has 0 radical (unpaired) electrons. The van der Waals surface area contributed by atoms with E-state index in [4.69, 9.17) is 5.84 Å². The number of hydrogen-bond donors (Lipinski definition) is 1. The van der Waals surface area contributed by atoms with Crippen LogP contribution in [0.5, 0.6) is 0 Å². The minimum absolute atomic E-state index is 0.167. The summed E-state index contributed by atoms with van der Waals surface area (Å²) in [5.41, 5.74) is 0. The van der Waals surface area contributed by atoms with Crippen molar-refractivity contribution in [2.45, 2.75) is 38.8 Å². The van der Waals surface area contributed by atoms with Gasteiger partial charge in [-0.05, 0) is 18.8 Å². The third-order valence-electron chi connectivity index (χ3n) is 3.48. The molecule has 1 aliphatic heterocycles. The quantitative estimate of drug-likeness (QED) is 0.411. The monoisotopic (exact) mass is 269 g/mol. The molecule has 1 heterocycles. The Kier molecular flexibility index (Phi) is 5.62. The first-order valence-electron chi connectivity index (χ1n) is 6.59. The molecular weight excluding hydrogens is 246 g/mol. The molecule has 1 fully saturated rings. The third-order valence-corrected chi connectivity index (χ3v) is 3.48. The molecule has 6 heteroatoms. The molecule has 0 bridgehead atoms. The van der Waals surface area contributed by atoms with Crippen molar-refractivity contribution in [1.29, 1.82) is 0 Å². The molecule has 1 amide bonds. The second-order valence-electron chi connectivity index (χ2n) is 5.64. The summed E-state index contributed by atoms with van der Waals surface area (Å²) in [6.07, 6.45) is 2.60. The number of likely N-dealkylation sites (tertiary alicyclic amines) is 1. The Morgan fingerprint density at radius 1 is 1.42 bits per heavy atom. The number of carbonyl (C=O) groups excluding carboxylic acids is 3. The van der Waals surface area contributed by atoms with Crippen molar-refractivity contribution in [3.05, 3.63) is 0 Å². The molecule has 0 aromatic rings. The van der Waals surface area contributed by atoms with Gasteiger partial charge >= 0.3 is 0 Å². The van der Waals surface area contributed by atoms with Gasteiger partial charge in [-0.25, -0.2) is 5.01 Å². The molecule has 0 aliphatic carbocycles. The van der Waals surface area contributed by atoms with Crippen LogP contribution in [0, 0.1) is 11.8 Å². The van der Waals surface area contributed by atoms with E-state index in [1.807, 2.05) is 13.8 Å². The van der Waals surface area contributed by atoms with E-state index >= 15 is 0 Å². The second kappa shape index (κ2) is 6.77. The van der Waals surface area contributed by atoms with Crippen LogP contribution in [0.3, 0.4) is 0 Å². The molecular formula is C13H23N3O3. The van der Waals surface area contributed by atoms with E-state index in [2.05, 4.69) is 0 Å². The van der Waals surface area contributed by atoms with Crippen molar-refractivity contribution in [3.63, 3.8) is 0 Å². The molecule has 108 valence electrons. The normalized spacial score (nSPS) is 24.8. The van der Waals surface area contributed by atoms with E-state index in [-0.39, 0.29) is 11.8 Å². The summed E-state index contributed by atoms with van der Waals surface area (Å²) >= 11 is 0. The Morgan fingerprint density at radius 2 is 2.05 bits per heavy atom. The fourth-order valence-corrected chi connectivity index (χ4v) is 2.46. The molecule has 6 nitrogen and oxygen atoms in total. The third kappa shape index (κ3) is 3.84. The van der Waals surface area contributed by atoms with Gasteiger partial charge in [-0.2, -0.15) is 0 Å². The van der Waals surface area contributed by atoms with Crippen LogP contribution in [0.15, 0.2) is 0 Å². The SMILES string of the molecule is CC(C)CC(C(=O)N1CC(C=O)CC1C=O)N(C)N. The second-order valence-corrected chi connectivity index (χ2v) is 5.64. The molecule has 3 atom stereocenters. The lowest BCUT2D eigenvalue weighted by Gasteiger charge is -2.30. The van der Waals surface area contributed by atoms with E-state index < -0.39 is 12.1 Å². The van der Waals surface area contributed by atoms with Gasteiger partial charge in [0.05, 0.1) is 6.04 Å². The maximum atomic E-state index is 12.5. The molecule has 1 aliphatic rings. The molecule has 1 rings (SSSR count). The average Bonchev–Trinajstić information content (AvgIpc) is 2.77. The summed E-state index contributed by atoms with van der Waals surface area (Å²) in [7, 11) is 1.65. The van der Waals surface area contributed by atoms with Gasteiger partial charge in [-0.3, -0.25) is 10.6 Å². The molecule has 0 aromatic heterocycles. The Bertz CT molecular complexity index is 344. The van der Waals surface area contributed by atoms with Crippen LogP contribution in [0.1, 0.15) is 26.7 Å². The van der Waals surface area contributed by atoms with Crippen LogP contribution in [-0.2, 0) is 14.4 Å². The van der Waals surface area contributed by atoms with Gasteiger partial charge < -0.3 is 14.5 Å². The molecule has 19 heavy (non-hydrogen) atoms. The van der Waals surface area contributed by atoms with E-state index in [9.17, 15) is 14.4 Å². The predicted molar refractivity (Wildman–Crippen MR) is 70.9 cm³/mol. The summed E-state index contributed by atoms with van der Waals surface area (Å²) in [6.45, 7) is 4.34. The number of hydrogen-bond acceptors (Lipinski definition) is 5. The molecule has 2 N–H and O–H groups in total.